The van der Waals surface area contributed by atoms with Gasteiger partial charge < -0.3 is 4.79 Å². The number of aldehydes is 1. The second-order valence-electron chi connectivity index (χ2n) is 4.48. The van der Waals surface area contributed by atoms with E-state index in [9.17, 15) is 4.79 Å². The van der Waals surface area contributed by atoms with E-state index in [1.165, 1.54) is 12.7 Å². The van der Waals surface area contributed by atoms with Gasteiger partial charge in [-0.1, -0.05) is 26.0 Å². The Kier molecular flexibility index (Phi) is 1.82. The first-order valence-electron chi connectivity index (χ1n) is 4.87. The smallest absolute Gasteiger partial charge is 0.123 e. The molecule has 1 nitrogen and oxygen atoms in total. The lowest BCUT2D eigenvalue weighted by Gasteiger charge is -2.27. The Morgan fingerprint density at radius 1 is 1.33 bits per heavy atom. The molecule has 0 spiro atoms. The van der Waals surface area contributed by atoms with Crippen LogP contribution < -0.4 is 0 Å². The van der Waals surface area contributed by atoms with Crippen molar-refractivity contribution in [1.82, 2.24) is 0 Å². The number of carbonyl (C=O) groups excluding carboxylic acids is 1. The number of allylic oxidation sites excluding steroid dienone is 2. The van der Waals surface area contributed by atoms with Crippen LogP contribution >= 0.6 is 0 Å². The molecule has 4 atom stereocenters. The minimum Gasteiger partial charge on any atom is -0.303 e. The van der Waals surface area contributed by atoms with Crippen molar-refractivity contribution in [2.45, 2.75) is 20.3 Å². The molecule has 0 N–H and O–H groups in total. The number of fused-ring (bicyclic) bond motifs is 2. The standard InChI is InChI=1S/C11H16O/c1-7(2)11-9-4-3-8(5-9)10(11)6-12/h3-4,6-11H,5H2,1-2H3/t8-,9+,10+,11+/m1/s1. The molecule has 0 saturated heterocycles. The van der Waals surface area contributed by atoms with Crippen LogP contribution in [0.1, 0.15) is 20.3 Å². The molecule has 0 unspecified atom stereocenters. The third kappa shape index (κ3) is 0.954. The van der Waals surface area contributed by atoms with E-state index in [1.807, 2.05) is 0 Å². The number of rotatable bonds is 2. The highest BCUT2D eigenvalue weighted by molar-refractivity contribution is 5.57. The summed E-state index contributed by atoms with van der Waals surface area (Å²) in [5.74, 6) is 2.86. The Balaban J connectivity index is 2.22. The maximum Gasteiger partial charge on any atom is 0.123 e. The SMILES string of the molecule is CC(C)[C@@H]1[C@@H](C=O)[C@@H]2C=C[C@H]1C2. The van der Waals surface area contributed by atoms with E-state index >= 15 is 0 Å². The van der Waals surface area contributed by atoms with E-state index in [0.717, 1.165) is 0 Å². The Labute approximate surface area is 73.8 Å². The Bertz CT molecular complexity index is 217. The summed E-state index contributed by atoms with van der Waals surface area (Å²) < 4.78 is 0. The molecule has 1 saturated carbocycles. The van der Waals surface area contributed by atoms with Crippen LogP contribution in [0.4, 0.5) is 0 Å². The van der Waals surface area contributed by atoms with E-state index in [4.69, 9.17) is 0 Å². The van der Waals surface area contributed by atoms with Crippen LogP contribution in [0, 0.1) is 29.6 Å². The largest absolute Gasteiger partial charge is 0.303 e. The Morgan fingerprint density at radius 2 is 2.00 bits per heavy atom. The minimum absolute atomic E-state index is 0.319. The van der Waals surface area contributed by atoms with Crippen LogP contribution in [-0.4, -0.2) is 6.29 Å². The van der Waals surface area contributed by atoms with Crippen molar-refractivity contribution in [3.63, 3.8) is 0 Å². The predicted molar refractivity (Wildman–Crippen MR) is 48.6 cm³/mol. The highest BCUT2D eigenvalue weighted by Gasteiger charge is 2.45. The highest BCUT2D eigenvalue weighted by atomic mass is 16.1. The molecule has 2 aliphatic rings. The maximum atomic E-state index is 10.9. The van der Waals surface area contributed by atoms with Gasteiger partial charge in [-0.05, 0) is 30.1 Å². The lowest BCUT2D eigenvalue weighted by molar-refractivity contribution is -0.113. The van der Waals surface area contributed by atoms with Gasteiger partial charge in [-0.3, -0.25) is 0 Å². The highest BCUT2D eigenvalue weighted by Crippen LogP contribution is 2.49. The Hall–Kier alpha value is -0.590. The van der Waals surface area contributed by atoms with Crippen molar-refractivity contribution in [3.05, 3.63) is 12.2 Å². The summed E-state index contributed by atoms with van der Waals surface area (Å²) >= 11 is 0. The molecule has 0 radical (unpaired) electrons. The number of hydrogen-bond donors (Lipinski definition) is 0. The quantitative estimate of drug-likeness (QED) is 0.452. The number of carbonyl (C=O) groups is 1. The molecule has 1 heteroatoms. The summed E-state index contributed by atoms with van der Waals surface area (Å²) in [6.45, 7) is 4.46. The molecule has 0 aromatic carbocycles. The van der Waals surface area contributed by atoms with E-state index in [1.54, 1.807) is 0 Å². The molecule has 2 rings (SSSR count). The lowest BCUT2D eigenvalue weighted by atomic mass is 9.77. The van der Waals surface area contributed by atoms with Gasteiger partial charge in [-0.15, -0.1) is 0 Å². The summed E-state index contributed by atoms with van der Waals surface area (Å²) in [6, 6.07) is 0. The van der Waals surface area contributed by atoms with Gasteiger partial charge in [0, 0.05) is 5.92 Å². The van der Waals surface area contributed by atoms with Gasteiger partial charge in [0.15, 0.2) is 0 Å². The van der Waals surface area contributed by atoms with Crippen LogP contribution in [0.2, 0.25) is 0 Å². The van der Waals surface area contributed by atoms with Crippen molar-refractivity contribution in [2.75, 3.05) is 0 Å². The van der Waals surface area contributed by atoms with Crippen LogP contribution in [0.25, 0.3) is 0 Å². The van der Waals surface area contributed by atoms with Crippen molar-refractivity contribution >= 4 is 6.29 Å². The molecular formula is C11H16O. The van der Waals surface area contributed by atoms with Gasteiger partial charge in [0.1, 0.15) is 6.29 Å². The van der Waals surface area contributed by atoms with Gasteiger partial charge in [0.25, 0.3) is 0 Å². The monoisotopic (exact) mass is 164 g/mol. The van der Waals surface area contributed by atoms with Crippen molar-refractivity contribution in [2.24, 2.45) is 29.6 Å². The zero-order valence-corrected chi connectivity index (χ0v) is 7.73. The van der Waals surface area contributed by atoms with Gasteiger partial charge in [0.05, 0.1) is 0 Å². The zero-order chi connectivity index (χ0) is 8.72. The van der Waals surface area contributed by atoms with Crippen molar-refractivity contribution in [3.8, 4) is 0 Å². The molecule has 0 aromatic heterocycles. The van der Waals surface area contributed by atoms with Gasteiger partial charge in [-0.2, -0.15) is 0 Å². The van der Waals surface area contributed by atoms with E-state index in [-0.39, 0.29) is 0 Å². The average Bonchev–Trinajstić information content (AvgIpc) is 2.60. The summed E-state index contributed by atoms with van der Waals surface area (Å²) in [6.07, 6.45) is 6.96. The Morgan fingerprint density at radius 3 is 2.50 bits per heavy atom. The molecule has 2 aliphatic carbocycles. The fourth-order valence-electron chi connectivity index (χ4n) is 3.03. The van der Waals surface area contributed by atoms with Gasteiger partial charge >= 0.3 is 0 Å². The topological polar surface area (TPSA) is 17.1 Å². The molecule has 0 amide bonds. The average molecular weight is 164 g/mol. The van der Waals surface area contributed by atoms with Crippen molar-refractivity contribution < 1.29 is 4.79 Å². The van der Waals surface area contributed by atoms with Gasteiger partial charge in [0.2, 0.25) is 0 Å². The third-order valence-corrected chi connectivity index (χ3v) is 3.51. The third-order valence-electron chi connectivity index (χ3n) is 3.51. The molecule has 0 heterocycles. The summed E-state index contributed by atoms with van der Waals surface area (Å²) in [4.78, 5) is 10.9. The van der Waals surface area contributed by atoms with E-state index in [2.05, 4.69) is 26.0 Å². The second kappa shape index (κ2) is 2.72. The number of hydrogen-bond acceptors (Lipinski definition) is 1. The van der Waals surface area contributed by atoms with Crippen LogP contribution in [-0.2, 0) is 4.79 Å². The first kappa shape index (κ1) is 8.03. The first-order chi connectivity index (χ1) is 5.74. The van der Waals surface area contributed by atoms with Crippen LogP contribution in [0.5, 0.6) is 0 Å². The van der Waals surface area contributed by atoms with Crippen molar-refractivity contribution in [1.29, 1.82) is 0 Å². The molecule has 0 aromatic rings. The fourth-order valence-corrected chi connectivity index (χ4v) is 3.03. The zero-order valence-electron chi connectivity index (χ0n) is 7.73. The fraction of sp³-hybridized carbons (Fsp3) is 0.727. The molecule has 12 heavy (non-hydrogen) atoms. The lowest BCUT2D eigenvalue weighted by Crippen LogP contribution is -2.25. The van der Waals surface area contributed by atoms with Gasteiger partial charge in [-0.25, -0.2) is 0 Å². The minimum atomic E-state index is 0.319. The molecule has 1 fully saturated rings. The predicted octanol–water partition coefficient (Wildman–Crippen LogP) is 2.28. The van der Waals surface area contributed by atoms with E-state index < -0.39 is 0 Å². The van der Waals surface area contributed by atoms with E-state index in [0.29, 0.717) is 29.6 Å². The molecule has 66 valence electrons. The molecule has 0 aliphatic heterocycles. The maximum absolute atomic E-state index is 10.9. The second-order valence-corrected chi connectivity index (χ2v) is 4.48. The first-order valence-corrected chi connectivity index (χ1v) is 4.87. The normalized spacial score (nSPS) is 44.2. The summed E-state index contributed by atoms with van der Waals surface area (Å²) in [5, 5.41) is 0. The molecule has 2 bridgehead atoms. The summed E-state index contributed by atoms with van der Waals surface area (Å²) in [5.41, 5.74) is 0. The molecular weight excluding hydrogens is 148 g/mol. The summed E-state index contributed by atoms with van der Waals surface area (Å²) in [7, 11) is 0. The van der Waals surface area contributed by atoms with Crippen LogP contribution in [0.3, 0.4) is 0 Å². The van der Waals surface area contributed by atoms with Crippen LogP contribution in [0.15, 0.2) is 12.2 Å².